The lowest BCUT2D eigenvalue weighted by Gasteiger charge is -2.36. The van der Waals surface area contributed by atoms with Crippen LogP contribution in [0.1, 0.15) is 22.3 Å². The third-order valence-corrected chi connectivity index (χ3v) is 13.9. The van der Waals surface area contributed by atoms with E-state index in [9.17, 15) is 0 Å². The van der Waals surface area contributed by atoms with Crippen LogP contribution >= 0.6 is 0 Å². The van der Waals surface area contributed by atoms with Gasteiger partial charge in [0.15, 0.2) is 0 Å². The Kier molecular flexibility index (Phi) is 6.79. The smallest absolute Gasteiger partial charge is 0.145 e. The summed E-state index contributed by atoms with van der Waals surface area (Å²) < 4.78 is 2.29. The first kappa shape index (κ1) is 33.7. The second kappa shape index (κ2) is 12.5. The molecule has 286 valence electrons. The fraction of sp³-hybridized carbons (Fsp3) is 0.0167. The zero-order valence-corrected chi connectivity index (χ0v) is 33.7. The maximum absolute atomic E-state index is 5.37. The largest absolute Gasteiger partial charge is 0.292 e. The first-order valence-electron chi connectivity index (χ1n) is 21.5. The highest BCUT2D eigenvalue weighted by Crippen LogP contribution is 2.63. The number of para-hydroxylation sites is 1. The number of fused-ring (bicyclic) bond motifs is 14. The Morgan fingerprint density at radius 3 is 1.73 bits per heavy atom. The number of rotatable bonds is 3. The highest BCUT2D eigenvalue weighted by atomic mass is 15.1. The molecule has 12 aromatic rings. The standard InChI is InChI=1S/C60H36N2/c1-3-14-39(15-4-1)59-61-54-36-41(30-33-55(54)62(59)43-18-5-2-6-19-43)40-29-31-47-45-21-8-7-20-44(45)46-22-9-11-24-50(46)60(52(47)34-40)51-25-12-10-23-48(51)58-49-32-28-38-17-13-16-37-26-27-42(35-53(58)60)57(49)56(37)38/h1-36H. The Balaban J connectivity index is 1.09. The lowest BCUT2D eigenvalue weighted by molar-refractivity contribution is 0.777. The van der Waals surface area contributed by atoms with Crippen molar-refractivity contribution in [2.75, 3.05) is 0 Å². The molecule has 1 spiro atoms. The summed E-state index contributed by atoms with van der Waals surface area (Å²) in [5, 5.41) is 7.86. The van der Waals surface area contributed by atoms with E-state index >= 15 is 0 Å². The molecule has 0 amide bonds. The first-order chi connectivity index (χ1) is 30.8. The molecule has 1 unspecified atom stereocenters. The van der Waals surface area contributed by atoms with Crippen molar-refractivity contribution in [3.63, 3.8) is 0 Å². The summed E-state index contributed by atoms with van der Waals surface area (Å²) in [5.41, 5.74) is 18.9. The molecule has 0 fully saturated rings. The van der Waals surface area contributed by atoms with Crippen molar-refractivity contribution in [1.82, 2.24) is 9.55 Å². The van der Waals surface area contributed by atoms with Crippen LogP contribution in [0.2, 0.25) is 0 Å². The topological polar surface area (TPSA) is 17.8 Å². The van der Waals surface area contributed by atoms with E-state index in [1.165, 1.54) is 93.5 Å². The van der Waals surface area contributed by atoms with Crippen LogP contribution < -0.4 is 0 Å². The molecule has 14 rings (SSSR count). The Labute approximate surface area is 359 Å². The quantitative estimate of drug-likeness (QED) is 0.163. The van der Waals surface area contributed by atoms with Crippen molar-refractivity contribution in [2.24, 2.45) is 0 Å². The van der Waals surface area contributed by atoms with Gasteiger partial charge in [0.2, 0.25) is 0 Å². The normalized spacial score (nSPS) is 14.8. The highest BCUT2D eigenvalue weighted by Gasteiger charge is 2.50. The van der Waals surface area contributed by atoms with Gasteiger partial charge < -0.3 is 0 Å². The van der Waals surface area contributed by atoms with Gasteiger partial charge in [0.05, 0.1) is 16.4 Å². The Bertz CT molecular complexity index is 3790. The van der Waals surface area contributed by atoms with Crippen molar-refractivity contribution in [1.29, 1.82) is 0 Å². The van der Waals surface area contributed by atoms with E-state index in [0.717, 1.165) is 33.7 Å². The minimum atomic E-state index is -0.614. The fourth-order valence-electron chi connectivity index (χ4n) is 11.4. The number of benzene rings is 11. The summed E-state index contributed by atoms with van der Waals surface area (Å²) in [5.74, 6) is 0.933. The molecule has 62 heavy (non-hydrogen) atoms. The van der Waals surface area contributed by atoms with Gasteiger partial charge in [0, 0.05) is 11.3 Å². The molecule has 2 nitrogen and oxygen atoms in total. The van der Waals surface area contributed by atoms with Gasteiger partial charge >= 0.3 is 0 Å². The zero-order valence-electron chi connectivity index (χ0n) is 33.7. The highest BCUT2D eigenvalue weighted by molar-refractivity contribution is 6.27. The maximum Gasteiger partial charge on any atom is 0.145 e. The Hall–Kier alpha value is -8.07. The molecular formula is C60H36N2. The van der Waals surface area contributed by atoms with Crippen LogP contribution in [0.5, 0.6) is 0 Å². The van der Waals surface area contributed by atoms with Gasteiger partial charge in [-0.2, -0.15) is 0 Å². The van der Waals surface area contributed by atoms with Crippen LogP contribution in [0.3, 0.4) is 0 Å². The minimum Gasteiger partial charge on any atom is -0.292 e. The average Bonchev–Trinajstić information content (AvgIpc) is 3.84. The summed E-state index contributed by atoms with van der Waals surface area (Å²) in [7, 11) is 0. The molecule has 0 saturated heterocycles. The molecule has 1 atom stereocenters. The molecule has 1 aromatic heterocycles. The van der Waals surface area contributed by atoms with E-state index in [1.54, 1.807) is 0 Å². The molecule has 0 N–H and O–H groups in total. The summed E-state index contributed by atoms with van der Waals surface area (Å²) in [6.45, 7) is 0. The van der Waals surface area contributed by atoms with E-state index in [2.05, 4.69) is 223 Å². The summed E-state index contributed by atoms with van der Waals surface area (Å²) >= 11 is 0. The Morgan fingerprint density at radius 1 is 0.355 bits per heavy atom. The van der Waals surface area contributed by atoms with Gasteiger partial charge in [-0.15, -0.1) is 0 Å². The van der Waals surface area contributed by atoms with Crippen LogP contribution in [0, 0.1) is 0 Å². The second-order valence-electron chi connectivity index (χ2n) is 17.0. The zero-order chi connectivity index (χ0) is 40.5. The van der Waals surface area contributed by atoms with Gasteiger partial charge in [-0.25, -0.2) is 4.98 Å². The lowest BCUT2D eigenvalue weighted by atomic mass is 9.65. The maximum atomic E-state index is 5.37. The molecule has 1 heterocycles. The van der Waals surface area contributed by atoms with Gasteiger partial charge in [0.25, 0.3) is 0 Å². The van der Waals surface area contributed by atoms with Crippen LogP contribution in [0.4, 0.5) is 0 Å². The lowest BCUT2D eigenvalue weighted by Crippen LogP contribution is -2.29. The number of aromatic nitrogens is 2. The van der Waals surface area contributed by atoms with Crippen molar-refractivity contribution >= 4 is 43.4 Å². The Morgan fingerprint density at radius 2 is 0.952 bits per heavy atom. The van der Waals surface area contributed by atoms with Gasteiger partial charge in [-0.1, -0.05) is 182 Å². The molecule has 2 aliphatic rings. The van der Waals surface area contributed by atoms with Crippen LogP contribution in [0.25, 0.3) is 105 Å². The molecule has 0 radical (unpaired) electrons. The second-order valence-corrected chi connectivity index (χ2v) is 17.0. The third kappa shape index (κ3) is 4.40. The first-order valence-corrected chi connectivity index (χ1v) is 21.5. The van der Waals surface area contributed by atoms with Crippen molar-refractivity contribution in [3.8, 4) is 61.6 Å². The molecule has 11 aromatic carbocycles. The van der Waals surface area contributed by atoms with Gasteiger partial charge in [0.1, 0.15) is 5.82 Å². The summed E-state index contributed by atoms with van der Waals surface area (Å²) in [6, 6.07) is 81.2. The van der Waals surface area contributed by atoms with E-state index in [-0.39, 0.29) is 0 Å². The van der Waals surface area contributed by atoms with Gasteiger partial charge in [-0.3, -0.25) is 4.57 Å². The molecular weight excluding hydrogens is 749 g/mol. The van der Waals surface area contributed by atoms with Crippen molar-refractivity contribution < 1.29 is 0 Å². The van der Waals surface area contributed by atoms with E-state index < -0.39 is 5.41 Å². The van der Waals surface area contributed by atoms with Crippen LogP contribution in [-0.2, 0) is 5.41 Å². The third-order valence-electron chi connectivity index (χ3n) is 13.9. The average molecular weight is 785 g/mol. The molecule has 0 aliphatic heterocycles. The monoisotopic (exact) mass is 784 g/mol. The summed E-state index contributed by atoms with van der Waals surface area (Å²) in [6.07, 6.45) is 0. The van der Waals surface area contributed by atoms with Crippen LogP contribution in [0.15, 0.2) is 218 Å². The van der Waals surface area contributed by atoms with Crippen molar-refractivity contribution in [2.45, 2.75) is 5.41 Å². The number of nitrogens with zero attached hydrogens (tertiary/aromatic N) is 2. The van der Waals surface area contributed by atoms with E-state index in [1.807, 2.05) is 0 Å². The van der Waals surface area contributed by atoms with Gasteiger partial charge in [-0.05, 0) is 135 Å². The molecule has 2 heteroatoms. The number of imidazole rings is 1. The predicted octanol–water partition coefficient (Wildman–Crippen LogP) is 15.3. The SMILES string of the molecule is c1ccc(-c2nc3cc(-c4ccc5c(c4)C4(c6ccccc6-c6ccccc6-5)c5ccccc5-c5c4cc4ccc6cccc7ccc5c4c67)ccc3n2-c2ccccc2)cc1. The molecule has 0 bridgehead atoms. The molecule has 0 saturated carbocycles. The predicted molar refractivity (Wildman–Crippen MR) is 257 cm³/mol. The van der Waals surface area contributed by atoms with Crippen molar-refractivity contribution in [3.05, 3.63) is 241 Å². The number of hydrogen-bond donors (Lipinski definition) is 0. The van der Waals surface area contributed by atoms with E-state index in [4.69, 9.17) is 4.98 Å². The number of hydrogen-bond acceptors (Lipinski definition) is 1. The van der Waals surface area contributed by atoms with E-state index in [0.29, 0.717) is 0 Å². The molecule has 2 aliphatic carbocycles. The summed E-state index contributed by atoms with van der Waals surface area (Å²) in [4.78, 5) is 5.37. The fourth-order valence-corrected chi connectivity index (χ4v) is 11.4. The minimum absolute atomic E-state index is 0.614. The van der Waals surface area contributed by atoms with Crippen LogP contribution in [-0.4, -0.2) is 9.55 Å².